The zero-order valence-electron chi connectivity index (χ0n) is 13.0. The van der Waals surface area contributed by atoms with Gasteiger partial charge in [-0.25, -0.2) is 0 Å². The number of nitrogens with zero attached hydrogens (tertiary/aromatic N) is 1. The second kappa shape index (κ2) is 6.59. The van der Waals surface area contributed by atoms with Gasteiger partial charge in [0, 0.05) is 17.9 Å². The van der Waals surface area contributed by atoms with E-state index in [9.17, 15) is 4.79 Å². The number of rotatable bonds is 5. The molecule has 1 aliphatic heterocycles. The fraction of sp³-hybridized carbons (Fsp3) is 0.222. The zero-order chi connectivity index (χ0) is 16.4. The molecule has 6 heteroatoms. The lowest BCUT2D eigenvalue weighted by molar-refractivity contribution is -0.117. The standard InChI is InChI=1S/C18H17N3O2S/c22-15-9-13(11-23-10-12-5-2-1-3-6-12)16-17(14-7-4-8-24-14)20-21-18(16)19-15/h1-8,13H,9-11H2,(H2,19,20,21,22)/t13-/m0/s1. The van der Waals surface area contributed by atoms with Crippen LogP contribution in [0.5, 0.6) is 0 Å². The fourth-order valence-corrected chi connectivity index (χ4v) is 3.73. The fourth-order valence-electron chi connectivity index (χ4n) is 3.00. The highest BCUT2D eigenvalue weighted by molar-refractivity contribution is 7.13. The van der Waals surface area contributed by atoms with Crippen molar-refractivity contribution in [2.75, 3.05) is 11.9 Å². The number of amides is 1. The molecule has 1 atom stereocenters. The van der Waals surface area contributed by atoms with Crippen molar-refractivity contribution in [3.8, 4) is 10.6 Å². The van der Waals surface area contributed by atoms with Crippen LogP contribution in [0, 0.1) is 0 Å². The third-order valence-corrected chi connectivity index (χ3v) is 4.99. The molecule has 4 rings (SSSR count). The summed E-state index contributed by atoms with van der Waals surface area (Å²) in [4.78, 5) is 13.1. The Kier molecular flexibility index (Phi) is 4.15. The first-order valence-corrected chi connectivity index (χ1v) is 8.73. The van der Waals surface area contributed by atoms with Crippen LogP contribution in [0.25, 0.3) is 10.6 Å². The van der Waals surface area contributed by atoms with Gasteiger partial charge in [-0.1, -0.05) is 36.4 Å². The number of aromatic nitrogens is 2. The maximum absolute atomic E-state index is 11.9. The number of nitrogens with one attached hydrogen (secondary N) is 2. The van der Waals surface area contributed by atoms with Crippen molar-refractivity contribution >= 4 is 23.1 Å². The van der Waals surface area contributed by atoms with Gasteiger partial charge in [0.2, 0.25) is 5.91 Å². The van der Waals surface area contributed by atoms with Crippen molar-refractivity contribution in [1.29, 1.82) is 0 Å². The molecule has 0 unspecified atom stereocenters. The number of hydrogen-bond acceptors (Lipinski definition) is 4. The summed E-state index contributed by atoms with van der Waals surface area (Å²) in [7, 11) is 0. The summed E-state index contributed by atoms with van der Waals surface area (Å²) < 4.78 is 5.89. The molecule has 24 heavy (non-hydrogen) atoms. The molecule has 2 N–H and O–H groups in total. The van der Waals surface area contributed by atoms with Crippen LogP contribution in [-0.2, 0) is 16.1 Å². The molecule has 0 bridgehead atoms. The maximum Gasteiger partial charge on any atom is 0.226 e. The molecular weight excluding hydrogens is 322 g/mol. The summed E-state index contributed by atoms with van der Waals surface area (Å²) in [6.45, 7) is 1.04. The second-order valence-electron chi connectivity index (χ2n) is 5.79. The van der Waals surface area contributed by atoms with E-state index >= 15 is 0 Å². The Morgan fingerprint density at radius 2 is 2.08 bits per heavy atom. The lowest BCUT2D eigenvalue weighted by atomic mass is 9.92. The Hall–Kier alpha value is -2.44. The molecule has 0 saturated heterocycles. The van der Waals surface area contributed by atoms with Crippen molar-refractivity contribution in [3.63, 3.8) is 0 Å². The Morgan fingerprint density at radius 3 is 2.88 bits per heavy atom. The topological polar surface area (TPSA) is 67.0 Å². The molecule has 3 aromatic rings. The number of anilines is 1. The molecule has 0 fully saturated rings. The molecule has 5 nitrogen and oxygen atoms in total. The number of benzene rings is 1. The average Bonchev–Trinajstić information content (AvgIpc) is 3.24. The SMILES string of the molecule is O=C1C[C@@H](COCc2ccccc2)c2c(n[nH]c2-c2cccs2)N1. The first-order chi connectivity index (χ1) is 11.8. The largest absolute Gasteiger partial charge is 0.376 e. The summed E-state index contributed by atoms with van der Waals surface area (Å²) >= 11 is 1.65. The summed E-state index contributed by atoms with van der Waals surface area (Å²) in [5.74, 6) is 0.622. The predicted molar refractivity (Wildman–Crippen MR) is 94.0 cm³/mol. The minimum atomic E-state index is -0.0139. The maximum atomic E-state index is 11.9. The van der Waals surface area contributed by atoms with Crippen LogP contribution in [0.3, 0.4) is 0 Å². The van der Waals surface area contributed by atoms with Gasteiger partial charge in [0.1, 0.15) is 0 Å². The van der Waals surface area contributed by atoms with Crippen molar-refractivity contribution in [3.05, 3.63) is 59.0 Å². The lowest BCUT2D eigenvalue weighted by Gasteiger charge is -2.22. The smallest absolute Gasteiger partial charge is 0.226 e. The molecule has 0 spiro atoms. The van der Waals surface area contributed by atoms with Crippen LogP contribution < -0.4 is 5.32 Å². The molecule has 122 valence electrons. The Bertz CT molecular complexity index is 827. The normalized spacial score (nSPS) is 16.7. The van der Waals surface area contributed by atoms with E-state index in [2.05, 4.69) is 21.6 Å². The number of fused-ring (bicyclic) bond motifs is 1. The van der Waals surface area contributed by atoms with E-state index in [0.717, 1.165) is 21.7 Å². The minimum Gasteiger partial charge on any atom is -0.376 e. The van der Waals surface area contributed by atoms with Gasteiger partial charge in [-0.2, -0.15) is 5.10 Å². The Balaban J connectivity index is 1.54. The number of carbonyl (C=O) groups is 1. The highest BCUT2D eigenvalue weighted by Gasteiger charge is 2.31. The van der Waals surface area contributed by atoms with Crippen molar-refractivity contribution in [2.45, 2.75) is 18.9 Å². The van der Waals surface area contributed by atoms with Gasteiger partial charge >= 0.3 is 0 Å². The minimum absolute atomic E-state index is 0.00770. The van der Waals surface area contributed by atoms with Crippen LogP contribution >= 0.6 is 11.3 Å². The second-order valence-corrected chi connectivity index (χ2v) is 6.74. The zero-order valence-corrected chi connectivity index (χ0v) is 13.8. The molecular formula is C18H17N3O2S. The summed E-state index contributed by atoms with van der Waals surface area (Å²) in [6.07, 6.45) is 0.416. The molecule has 2 aromatic heterocycles. The molecule has 0 radical (unpaired) electrons. The highest BCUT2D eigenvalue weighted by atomic mass is 32.1. The Labute approximate surface area is 143 Å². The number of H-pyrrole nitrogens is 1. The average molecular weight is 339 g/mol. The van der Waals surface area contributed by atoms with Crippen molar-refractivity contribution in [2.24, 2.45) is 0 Å². The van der Waals surface area contributed by atoms with E-state index < -0.39 is 0 Å². The van der Waals surface area contributed by atoms with E-state index in [0.29, 0.717) is 25.5 Å². The number of carbonyl (C=O) groups excluding carboxylic acids is 1. The first-order valence-electron chi connectivity index (χ1n) is 7.85. The van der Waals surface area contributed by atoms with E-state index in [-0.39, 0.29) is 11.8 Å². The van der Waals surface area contributed by atoms with Gasteiger partial charge in [0.15, 0.2) is 5.82 Å². The van der Waals surface area contributed by atoms with Gasteiger partial charge in [0.25, 0.3) is 0 Å². The number of aromatic amines is 1. The van der Waals surface area contributed by atoms with Crippen molar-refractivity contribution in [1.82, 2.24) is 10.2 Å². The molecule has 0 saturated carbocycles. The summed E-state index contributed by atoms with van der Waals surface area (Å²) in [5, 5.41) is 12.2. The summed E-state index contributed by atoms with van der Waals surface area (Å²) in [6, 6.07) is 14.1. The van der Waals surface area contributed by atoms with Crippen molar-refractivity contribution < 1.29 is 9.53 Å². The molecule has 1 aliphatic rings. The lowest BCUT2D eigenvalue weighted by Crippen LogP contribution is -2.25. The van der Waals surface area contributed by atoms with Gasteiger partial charge in [-0.3, -0.25) is 9.89 Å². The molecule has 1 aromatic carbocycles. The highest BCUT2D eigenvalue weighted by Crippen LogP contribution is 2.39. The molecule has 0 aliphatic carbocycles. The molecule has 3 heterocycles. The van der Waals surface area contributed by atoms with Gasteiger partial charge < -0.3 is 10.1 Å². The monoisotopic (exact) mass is 339 g/mol. The molecule has 1 amide bonds. The van der Waals surface area contributed by atoms with Crippen LogP contribution in [-0.4, -0.2) is 22.7 Å². The van der Waals surface area contributed by atoms with E-state index in [1.54, 1.807) is 11.3 Å². The predicted octanol–water partition coefficient (Wildman–Crippen LogP) is 3.78. The number of thiophene rings is 1. The summed E-state index contributed by atoms with van der Waals surface area (Å²) in [5.41, 5.74) is 3.15. The third kappa shape index (κ3) is 2.98. The first kappa shape index (κ1) is 15.1. The van der Waals surface area contributed by atoms with Crippen LogP contribution in [0.15, 0.2) is 47.8 Å². The van der Waals surface area contributed by atoms with Crippen LogP contribution in [0.2, 0.25) is 0 Å². The van der Waals surface area contributed by atoms with Crippen LogP contribution in [0.1, 0.15) is 23.5 Å². The van der Waals surface area contributed by atoms with E-state index in [1.807, 2.05) is 41.8 Å². The Morgan fingerprint density at radius 1 is 1.21 bits per heavy atom. The quantitative estimate of drug-likeness (QED) is 0.743. The van der Waals surface area contributed by atoms with E-state index in [1.165, 1.54) is 0 Å². The van der Waals surface area contributed by atoms with Gasteiger partial charge in [0.05, 0.1) is 23.8 Å². The van der Waals surface area contributed by atoms with E-state index in [4.69, 9.17) is 4.74 Å². The van der Waals surface area contributed by atoms with Gasteiger partial charge in [-0.15, -0.1) is 11.3 Å². The number of ether oxygens (including phenoxy) is 1. The third-order valence-electron chi connectivity index (χ3n) is 4.10. The van der Waals surface area contributed by atoms with Crippen LogP contribution in [0.4, 0.5) is 5.82 Å². The number of hydrogen-bond donors (Lipinski definition) is 2. The van der Waals surface area contributed by atoms with Gasteiger partial charge in [-0.05, 0) is 17.0 Å².